The Morgan fingerprint density at radius 3 is 3.22 bits per heavy atom. The van der Waals surface area contributed by atoms with Crippen LogP contribution in [0.15, 0.2) is 18.2 Å². The molecule has 1 aromatic carbocycles. The number of rotatable bonds is 3. The van der Waals surface area contributed by atoms with Gasteiger partial charge in [-0.2, -0.15) is 0 Å². The lowest BCUT2D eigenvalue weighted by molar-refractivity contribution is 0.0795. The second-order valence-corrected chi connectivity index (χ2v) is 5.66. The summed E-state index contributed by atoms with van der Waals surface area (Å²) >= 11 is 7.56. The summed E-state index contributed by atoms with van der Waals surface area (Å²) in [5, 5.41) is 4.98. The molecule has 0 radical (unpaired) electrons. The molecule has 0 amide bonds. The van der Waals surface area contributed by atoms with E-state index in [0.29, 0.717) is 13.2 Å². The van der Waals surface area contributed by atoms with Gasteiger partial charge in [-0.05, 0) is 18.2 Å². The van der Waals surface area contributed by atoms with E-state index in [-0.39, 0.29) is 12.1 Å². The monoisotopic (exact) mass is 284 g/mol. The topological polar surface area (TPSA) is 43.4 Å². The van der Waals surface area contributed by atoms with E-state index in [4.69, 9.17) is 21.1 Å². The number of methoxy groups -OCH3 is 1. The molecule has 18 heavy (non-hydrogen) atoms. The highest BCUT2D eigenvalue weighted by Gasteiger charge is 2.28. The molecule has 0 bridgehead atoms. The van der Waals surface area contributed by atoms with Gasteiger partial charge in [-0.1, -0.05) is 22.9 Å². The Kier molecular flexibility index (Phi) is 3.39. The molecule has 0 unspecified atom stereocenters. The molecular weight excluding hydrogens is 272 g/mol. The van der Waals surface area contributed by atoms with Gasteiger partial charge >= 0.3 is 0 Å². The van der Waals surface area contributed by atoms with Gasteiger partial charge in [-0.15, -0.1) is 0 Å². The lowest BCUT2D eigenvalue weighted by atomic mass is 10.2. The molecule has 1 aliphatic rings. The van der Waals surface area contributed by atoms with Crippen LogP contribution in [0.4, 0.5) is 5.13 Å². The molecule has 1 aromatic heterocycles. The maximum atomic E-state index is 5.96. The summed E-state index contributed by atoms with van der Waals surface area (Å²) in [6.07, 6.45) is 0.0839. The van der Waals surface area contributed by atoms with Gasteiger partial charge in [-0.3, -0.25) is 0 Å². The van der Waals surface area contributed by atoms with Crippen LogP contribution >= 0.6 is 22.9 Å². The number of nitrogens with one attached hydrogen (secondary N) is 1. The molecule has 6 heteroatoms. The molecule has 2 aromatic rings. The summed E-state index contributed by atoms with van der Waals surface area (Å²) in [6, 6.07) is 5.87. The first-order valence-electron chi connectivity index (χ1n) is 5.69. The van der Waals surface area contributed by atoms with E-state index in [1.165, 1.54) is 0 Å². The molecule has 4 nitrogen and oxygen atoms in total. The number of benzene rings is 1. The van der Waals surface area contributed by atoms with Crippen LogP contribution in [0, 0.1) is 0 Å². The van der Waals surface area contributed by atoms with E-state index in [0.717, 1.165) is 20.4 Å². The fraction of sp³-hybridized carbons (Fsp3) is 0.417. The van der Waals surface area contributed by atoms with Crippen molar-refractivity contribution in [2.75, 3.05) is 25.6 Å². The Morgan fingerprint density at radius 2 is 2.39 bits per heavy atom. The summed E-state index contributed by atoms with van der Waals surface area (Å²) in [4.78, 5) is 4.52. The first-order valence-corrected chi connectivity index (χ1v) is 6.89. The average Bonchev–Trinajstić information content (AvgIpc) is 2.94. The van der Waals surface area contributed by atoms with Gasteiger partial charge in [-0.25, -0.2) is 4.98 Å². The Balaban J connectivity index is 1.82. The van der Waals surface area contributed by atoms with Crippen molar-refractivity contribution in [2.45, 2.75) is 12.1 Å². The van der Waals surface area contributed by atoms with Crippen molar-refractivity contribution in [3.05, 3.63) is 23.2 Å². The number of hydrogen-bond donors (Lipinski definition) is 1. The smallest absolute Gasteiger partial charge is 0.184 e. The normalized spacial score (nSPS) is 23.7. The molecular formula is C12H13ClN2O2S. The number of fused-ring (bicyclic) bond motifs is 1. The Morgan fingerprint density at radius 1 is 1.50 bits per heavy atom. The third-order valence-electron chi connectivity index (χ3n) is 2.99. The van der Waals surface area contributed by atoms with Crippen LogP contribution in [0.5, 0.6) is 0 Å². The highest BCUT2D eigenvalue weighted by Crippen LogP contribution is 2.29. The lowest BCUT2D eigenvalue weighted by Crippen LogP contribution is -2.33. The Hall–Kier alpha value is -0.880. The van der Waals surface area contributed by atoms with Crippen LogP contribution in [-0.4, -0.2) is 37.5 Å². The van der Waals surface area contributed by atoms with Crippen LogP contribution in [0.2, 0.25) is 5.02 Å². The Labute approximate surface area is 114 Å². The van der Waals surface area contributed by atoms with E-state index < -0.39 is 0 Å². The molecule has 2 heterocycles. The van der Waals surface area contributed by atoms with Crippen molar-refractivity contribution < 1.29 is 9.47 Å². The van der Waals surface area contributed by atoms with E-state index in [1.807, 2.05) is 18.2 Å². The zero-order valence-corrected chi connectivity index (χ0v) is 11.4. The van der Waals surface area contributed by atoms with Crippen LogP contribution < -0.4 is 5.32 Å². The maximum absolute atomic E-state index is 5.96. The summed E-state index contributed by atoms with van der Waals surface area (Å²) in [5.74, 6) is 0. The molecule has 3 rings (SSSR count). The first-order chi connectivity index (χ1) is 8.76. The standard InChI is InChI=1S/C12H13ClN2O2S/c1-16-10-6-17-5-9(10)15-12-14-8-3-2-7(13)4-11(8)18-12/h2-4,9-10H,5-6H2,1H3,(H,14,15)/t9-,10-/m0/s1. The summed E-state index contributed by atoms with van der Waals surface area (Å²) < 4.78 is 11.8. The first kappa shape index (κ1) is 12.2. The van der Waals surface area contributed by atoms with Gasteiger partial charge in [0.2, 0.25) is 0 Å². The quantitative estimate of drug-likeness (QED) is 0.941. The summed E-state index contributed by atoms with van der Waals surface area (Å²) in [5.41, 5.74) is 0.958. The average molecular weight is 285 g/mol. The van der Waals surface area contributed by atoms with Crippen molar-refractivity contribution in [2.24, 2.45) is 0 Å². The molecule has 0 spiro atoms. The van der Waals surface area contributed by atoms with Crippen molar-refractivity contribution in [1.82, 2.24) is 4.98 Å². The van der Waals surface area contributed by atoms with E-state index in [2.05, 4.69) is 10.3 Å². The lowest BCUT2D eigenvalue weighted by Gasteiger charge is -2.16. The van der Waals surface area contributed by atoms with Gasteiger partial charge in [0, 0.05) is 12.1 Å². The SMILES string of the molecule is CO[C@H]1COC[C@@H]1Nc1nc2ccc(Cl)cc2s1. The minimum absolute atomic E-state index is 0.0839. The van der Waals surface area contributed by atoms with Crippen LogP contribution in [0.3, 0.4) is 0 Å². The number of aromatic nitrogens is 1. The molecule has 96 valence electrons. The zero-order chi connectivity index (χ0) is 12.5. The molecule has 1 aliphatic heterocycles. The van der Waals surface area contributed by atoms with Gasteiger partial charge in [0.15, 0.2) is 5.13 Å². The molecule has 1 fully saturated rings. The van der Waals surface area contributed by atoms with E-state index in [1.54, 1.807) is 18.4 Å². The maximum Gasteiger partial charge on any atom is 0.184 e. The van der Waals surface area contributed by atoms with Crippen molar-refractivity contribution in [1.29, 1.82) is 0 Å². The highest BCUT2D eigenvalue weighted by atomic mass is 35.5. The second kappa shape index (κ2) is 5.01. The number of anilines is 1. The van der Waals surface area contributed by atoms with E-state index >= 15 is 0 Å². The van der Waals surface area contributed by atoms with Gasteiger partial charge < -0.3 is 14.8 Å². The van der Waals surface area contributed by atoms with Crippen molar-refractivity contribution in [3.63, 3.8) is 0 Å². The minimum atomic E-state index is 0.0839. The zero-order valence-electron chi connectivity index (χ0n) is 9.85. The molecule has 0 saturated carbocycles. The predicted octanol–water partition coefficient (Wildman–Crippen LogP) is 2.78. The highest BCUT2D eigenvalue weighted by molar-refractivity contribution is 7.22. The Bertz CT molecular complexity index is 560. The van der Waals surface area contributed by atoms with Crippen LogP contribution in [0.25, 0.3) is 10.2 Å². The number of thiazole rings is 1. The molecule has 1 saturated heterocycles. The number of hydrogen-bond acceptors (Lipinski definition) is 5. The second-order valence-electron chi connectivity index (χ2n) is 4.19. The van der Waals surface area contributed by atoms with Gasteiger partial charge in [0.05, 0.1) is 29.5 Å². The third kappa shape index (κ3) is 2.31. The summed E-state index contributed by atoms with van der Waals surface area (Å²) in [6.45, 7) is 1.28. The number of ether oxygens (including phenoxy) is 2. The van der Waals surface area contributed by atoms with Gasteiger partial charge in [0.25, 0.3) is 0 Å². The number of nitrogens with zero attached hydrogens (tertiary/aromatic N) is 1. The van der Waals surface area contributed by atoms with E-state index in [9.17, 15) is 0 Å². The minimum Gasteiger partial charge on any atom is -0.377 e. The third-order valence-corrected chi connectivity index (χ3v) is 4.17. The fourth-order valence-corrected chi connectivity index (χ4v) is 3.22. The fourth-order valence-electron chi connectivity index (χ4n) is 2.02. The molecule has 1 N–H and O–H groups in total. The van der Waals surface area contributed by atoms with Gasteiger partial charge in [0.1, 0.15) is 6.10 Å². The summed E-state index contributed by atoms with van der Waals surface area (Å²) in [7, 11) is 1.70. The van der Waals surface area contributed by atoms with Crippen LogP contribution in [0.1, 0.15) is 0 Å². The molecule has 2 atom stereocenters. The predicted molar refractivity (Wildman–Crippen MR) is 73.7 cm³/mol. The van der Waals surface area contributed by atoms with Crippen molar-refractivity contribution >= 4 is 38.3 Å². The largest absolute Gasteiger partial charge is 0.377 e. The van der Waals surface area contributed by atoms with Crippen LogP contribution in [-0.2, 0) is 9.47 Å². The molecule has 0 aliphatic carbocycles. The number of halogens is 1. The van der Waals surface area contributed by atoms with Crippen molar-refractivity contribution in [3.8, 4) is 0 Å².